The number of ether oxygens (including phenoxy) is 5. The van der Waals surface area contributed by atoms with E-state index < -0.39 is 35.5 Å². The van der Waals surface area contributed by atoms with Gasteiger partial charge in [0, 0.05) is 37.7 Å². The van der Waals surface area contributed by atoms with Crippen molar-refractivity contribution in [2.24, 2.45) is 22.9 Å². The van der Waals surface area contributed by atoms with Gasteiger partial charge in [0.05, 0.1) is 38.0 Å². The Morgan fingerprint density at radius 3 is 2.32 bits per heavy atom. The van der Waals surface area contributed by atoms with Crippen molar-refractivity contribution in [2.45, 2.75) is 109 Å². The molecule has 73 heavy (non-hydrogen) atoms. The summed E-state index contributed by atoms with van der Waals surface area (Å²) in [5.41, 5.74) is 4.52. The summed E-state index contributed by atoms with van der Waals surface area (Å²) in [6, 6.07) is 38.2. The van der Waals surface area contributed by atoms with Gasteiger partial charge >= 0.3 is 12.2 Å². The van der Waals surface area contributed by atoms with Gasteiger partial charge in [-0.25, -0.2) is 9.59 Å². The van der Waals surface area contributed by atoms with E-state index in [1.54, 1.807) is 17.0 Å². The molecule has 5 aromatic rings. The molecule has 0 unspecified atom stereocenters. The van der Waals surface area contributed by atoms with Crippen LogP contribution >= 0.6 is 0 Å². The van der Waals surface area contributed by atoms with Crippen LogP contribution in [0.5, 0.6) is 11.5 Å². The van der Waals surface area contributed by atoms with Crippen molar-refractivity contribution in [1.82, 2.24) is 10.2 Å². The number of unbranched alkanes of at least 4 members (excludes halogenated alkanes) is 2. The highest BCUT2D eigenvalue weighted by Crippen LogP contribution is 2.62. The molecular formula is C60H71N3O10. The first-order valence-corrected chi connectivity index (χ1v) is 25.8. The molecule has 2 aliphatic carbocycles. The number of hydrogen-bond donors (Lipinski definition) is 3. The van der Waals surface area contributed by atoms with E-state index in [4.69, 9.17) is 33.7 Å². The lowest BCUT2D eigenvalue weighted by molar-refractivity contribution is -0.256. The number of amides is 2. The molecule has 3 N–H and O–H groups in total. The highest BCUT2D eigenvalue weighted by Gasteiger charge is 2.66. The number of fused-ring (bicyclic) bond motifs is 3. The van der Waals surface area contributed by atoms with Crippen molar-refractivity contribution in [3.63, 3.8) is 0 Å². The maximum Gasteiger partial charge on any atom is 0.412 e. The van der Waals surface area contributed by atoms with E-state index in [1.165, 1.54) is 0 Å². The number of hydrogen-bond acceptors (Lipinski definition) is 11. The normalized spacial score (nSPS) is 21.5. The molecule has 386 valence electrons. The van der Waals surface area contributed by atoms with Crippen molar-refractivity contribution >= 4 is 28.7 Å². The number of oxime groups is 1. The van der Waals surface area contributed by atoms with Crippen LogP contribution in [0.25, 0.3) is 10.8 Å². The molecular weight excluding hydrogens is 923 g/mol. The van der Waals surface area contributed by atoms with Crippen molar-refractivity contribution < 1.29 is 48.3 Å². The number of allylic oxidation sites excluding steroid dienone is 1. The summed E-state index contributed by atoms with van der Waals surface area (Å²) in [5.74, 6) is -1.73. The molecule has 13 heteroatoms. The van der Waals surface area contributed by atoms with E-state index in [-0.39, 0.29) is 70.3 Å². The number of aliphatic hydroxyl groups is 2. The van der Waals surface area contributed by atoms with Crippen LogP contribution in [0.4, 0.5) is 9.59 Å². The first kappa shape index (κ1) is 52.8. The molecule has 6 atom stereocenters. The van der Waals surface area contributed by atoms with Gasteiger partial charge in [0.15, 0.2) is 0 Å². The standard InChI is InChI=1S/C60H71N3O10/c1-5-33-70-60-54(63(40-46-26-18-25-44-23-12-13-27-48(44)46)58(67)69-35-34-68-41-43-21-10-7-11-22-43)38-52(62-73-59(2,3)4)50-36-45(24-14-16-31-64)49(28-15-17-32-65)55(56(50)60)51-37-47(29-30-53(51)72-60)71-57(66)61-39-42-19-8-6-9-20-42/h5-13,18-23,25-27,29-30,36-37,45,49,54-56,64-65H,1,14-17,24,28,31-35,38-41H2,2-4H3,(H,61,66)/t45-,49+,54-,55+,56+,60+/m0/s1. The van der Waals surface area contributed by atoms with Gasteiger partial charge in [0.25, 0.3) is 0 Å². The van der Waals surface area contributed by atoms with Crippen molar-refractivity contribution in [3.05, 3.63) is 168 Å². The maximum absolute atomic E-state index is 15.3. The molecule has 0 bridgehead atoms. The lowest BCUT2D eigenvalue weighted by Gasteiger charge is -2.60. The minimum absolute atomic E-state index is 0.00711. The van der Waals surface area contributed by atoms with E-state index in [2.05, 4.69) is 36.2 Å². The Balaban J connectivity index is 1.27. The van der Waals surface area contributed by atoms with E-state index >= 15 is 4.79 Å². The van der Waals surface area contributed by atoms with Crippen LogP contribution in [0.15, 0.2) is 151 Å². The number of benzene rings is 5. The van der Waals surface area contributed by atoms with E-state index in [1.807, 2.05) is 118 Å². The zero-order valence-electron chi connectivity index (χ0n) is 42.5. The summed E-state index contributed by atoms with van der Waals surface area (Å²) in [6.07, 6.45) is 7.24. The van der Waals surface area contributed by atoms with Gasteiger partial charge in [-0.3, -0.25) is 4.90 Å². The fourth-order valence-electron chi connectivity index (χ4n) is 10.8. The Morgan fingerprint density at radius 2 is 1.58 bits per heavy atom. The molecule has 1 aliphatic heterocycles. The minimum atomic E-state index is -1.56. The van der Waals surface area contributed by atoms with E-state index in [0.29, 0.717) is 36.7 Å². The molecule has 3 aliphatic rings. The lowest BCUT2D eigenvalue weighted by atomic mass is 9.55. The summed E-state index contributed by atoms with van der Waals surface area (Å²) in [6.45, 7) is 11.1. The third kappa shape index (κ3) is 13.0. The van der Waals surface area contributed by atoms with Crippen LogP contribution in [-0.2, 0) is 38.7 Å². The Hall–Kier alpha value is -6.51. The average molecular weight is 994 g/mol. The molecule has 5 aromatic carbocycles. The Labute approximate surface area is 429 Å². The predicted octanol–water partition coefficient (Wildman–Crippen LogP) is 11.4. The first-order chi connectivity index (χ1) is 35.5. The quantitative estimate of drug-likeness (QED) is 0.0327. The predicted molar refractivity (Wildman–Crippen MR) is 282 cm³/mol. The summed E-state index contributed by atoms with van der Waals surface area (Å²) >= 11 is 0. The fourth-order valence-corrected chi connectivity index (χ4v) is 10.8. The van der Waals surface area contributed by atoms with Gasteiger partial charge in [0.2, 0.25) is 5.79 Å². The fraction of sp³-hybridized carbons (Fsp3) is 0.417. The van der Waals surface area contributed by atoms with Crippen LogP contribution in [0.3, 0.4) is 0 Å². The number of rotatable bonds is 23. The molecule has 1 saturated carbocycles. The largest absolute Gasteiger partial charge is 0.459 e. The van der Waals surface area contributed by atoms with Crippen LogP contribution in [0.2, 0.25) is 0 Å². The number of aliphatic hydroxyl groups excluding tert-OH is 2. The molecule has 2 amide bonds. The average Bonchev–Trinajstić information content (AvgIpc) is 3.40. The van der Waals surface area contributed by atoms with E-state index in [0.717, 1.165) is 64.3 Å². The molecule has 0 aromatic heterocycles. The zero-order valence-corrected chi connectivity index (χ0v) is 42.5. The maximum atomic E-state index is 15.3. The third-order valence-electron chi connectivity index (χ3n) is 14.0. The molecule has 1 heterocycles. The molecule has 8 rings (SSSR count). The van der Waals surface area contributed by atoms with Gasteiger partial charge < -0.3 is 44.1 Å². The lowest BCUT2D eigenvalue weighted by Crippen LogP contribution is -2.70. The van der Waals surface area contributed by atoms with Gasteiger partial charge in [-0.2, -0.15) is 0 Å². The first-order valence-electron chi connectivity index (χ1n) is 25.8. The van der Waals surface area contributed by atoms with Crippen LogP contribution in [0, 0.1) is 17.8 Å². The van der Waals surface area contributed by atoms with Crippen LogP contribution in [-0.4, -0.2) is 83.5 Å². The Kier molecular flexibility index (Phi) is 18.0. The number of nitrogens with one attached hydrogen (secondary N) is 1. The van der Waals surface area contributed by atoms with Gasteiger partial charge in [-0.15, -0.1) is 6.58 Å². The molecule has 0 radical (unpaired) electrons. The number of carbonyl (C=O) groups excluding carboxylic acids is 2. The SMILES string of the molecule is C=CCO[C@@]12Oc3ccc(OC(=O)NCc4ccccc4)cc3[C@H]3[C@H](CCCCO)[C@@H](CCCCO)C=C(C(=NOC(C)(C)C)C[C@@H]1N(Cc1cccc4ccccc14)C(=O)OCCOCc1ccccc1)[C@H]32. The summed E-state index contributed by atoms with van der Waals surface area (Å²) in [7, 11) is 0. The number of carbonyl (C=O) groups is 2. The summed E-state index contributed by atoms with van der Waals surface area (Å²) in [5, 5.41) is 30.0. The van der Waals surface area contributed by atoms with Gasteiger partial charge in [-0.1, -0.05) is 133 Å². The molecule has 0 saturated heterocycles. The second-order valence-corrected chi connectivity index (χ2v) is 20.1. The minimum Gasteiger partial charge on any atom is -0.459 e. The molecule has 1 fully saturated rings. The van der Waals surface area contributed by atoms with E-state index in [9.17, 15) is 15.0 Å². The van der Waals surface area contributed by atoms with Gasteiger partial charge in [-0.05, 0) is 110 Å². The monoisotopic (exact) mass is 994 g/mol. The Bertz CT molecular complexity index is 2680. The zero-order chi connectivity index (χ0) is 51.2. The highest BCUT2D eigenvalue weighted by molar-refractivity contribution is 6.03. The topological polar surface area (TPSA) is 158 Å². The van der Waals surface area contributed by atoms with Crippen molar-refractivity contribution in [2.75, 3.05) is 33.0 Å². The van der Waals surface area contributed by atoms with Crippen molar-refractivity contribution in [1.29, 1.82) is 0 Å². The second kappa shape index (κ2) is 24.9. The van der Waals surface area contributed by atoms with Crippen molar-refractivity contribution in [3.8, 4) is 11.5 Å². The molecule has 0 spiro atoms. The highest BCUT2D eigenvalue weighted by atomic mass is 16.7. The van der Waals surface area contributed by atoms with Gasteiger partial charge in [0.1, 0.15) is 29.7 Å². The second-order valence-electron chi connectivity index (χ2n) is 20.1. The summed E-state index contributed by atoms with van der Waals surface area (Å²) in [4.78, 5) is 36.8. The summed E-state index contributed by atoms with van der Waals surface area (Å²) < 4.78 is 33.0. The third-order valence-corrected chi connectivity index (χ3v) is 14.0. The van der Waals surface area contributed by atoms with Crippen LogP contribution in [0.1, 0.15) is 93.9 Å². The molecule has 13 nitrogen and oxygen atoms in total. The van der Waals surface area contributed by atoms with Crippen LogP contribution < -0.4 is 14.8 Å². The Morgan fingerprint density at radius 1 is 0.863 bits per heavy atom. The number of nitrogens with zero attached hydrogens (tertiary/aromatic N) is 2. The smallest absolute Gasteiger partial charge is 0.412 e.